The Hall–Kier alpha value is -1.23. The maximum atomic E-state index is 12.0. The van der Waals surface area contributed by atoms with Crippen LogP contribution in [0.4, 0.5) is 10.7 Å². The average Bonchev–Trinajstić information content (AvgIpc) is 2.82. The third kappa shape index (κ3) is 2.32. The van der Waals surface area contributed by atoms with Gasteiger partial charge in [0.25, 0.3) is 5.91 Å². The Kier molecular flexibility index (Phi) is 3.52. The molecule has 2 rings (SSSR count). The Morgan fingerprint density at radius 3 is 2.44 bits per heavy atom. The zero-order valence-corrected chi connectivity index (χ0v) is 12.3. The van der Waals surface area contributed by atoms with E-state index in [0.717, 1.165) is 18.1 Å². The van der Waals surface area contributed by atoms with Crippen molar-refractivity contribution in [1.82, 2.24) is 4.90 Å². The quantitative estimate of drug-likeness (QED) is 0.893. The molecule has 0 radical (unpaired) electrons. The highest BCUT2D eigenvalue weighted by atomic mass is 32.1. The monoisotopic (exact) mass is 267 g/mol. The summed E-state index contributed by atoms with van der Waals surface area (Å²) in [4.78, 5) is 16.5. The van der Waals surface area contributed by atoms with Crippen LogP contribution in [0.15, 0.2) is 6.07 Å². The first kappa shape index (κ1) is 13.2. The minimum Gasteiger partial charge on any atom is -0.397 e. The molecule has 100 valence electrons. The minimum atomic E-state index is -0.0101. The van der Waals surface area contributed by atoms with Crippen LogP contribution in [0.1, 0.15) is 23.5 Å². The van der Waals surface area contributed by atoms with Gasteiger partial charge in [-0.1, -0.05) is 13.8 Å². The van der Waals surface area contributed by atoms with Gasteiger partial charge in [-0.2, -0.15) is 0 Å². The first-order valence-corrected chi connectivity index (χ1v) is 7.07. The number of rotatable bonds is 2. The van der Waals surface area contributed by atoms with Crippen LogP contribution in [0, 0.1) is 11.8 Å². The van der Waals surface area contributed by atoms with Gasteiger partial charge in [-0.3, -0.25) is 4.79 Å². The Bertz CT molecular complexity index is 445. The zero-order valence-electron chi connectivity index (χ0n) is 11.4. The molecule has 0 aliphatic carbocycles. The van der Waals surface area contributed by atoms with Gasteiger partial charge in [0.1, 0.15) is 4.88 Å². The van der Waals surface area contributed by atoms with Crippen molar-refractivity contribution in [3.63, 3.8) is 0 Å². The molecule has 1 aromatic rings. The molecular weight excluding hydrogens is 246 g/mol. The standard InChI is InChI=1S/C13H21N3OS/c1-8-6-16(7-9(8)2)11-5-10(14)12(18-11)13(17)15(3)4/h5,8-9H,6-7,14H2,1-4H3. The summed E-state index contributed by atoms with van der Waals surface area (Å²) in [6.07, 6.45) is 0. The number of carbonyl (C=O) groups excluding carboxylic acids is 1. The summed E-state index contributed by atoms with van der Waals surface area (Å²) in [7, 11) is 3.50. The van der Waals surface area contributed by atoms with Crippen molar-refractivity contribution in [3.05, 3.63) is 10.9 Å². The molecule has 1 aromatic heterocycles. The van der Waals surface area contributed by atoms with E-state index in [-0.39, 0.29) is 5.91 Å². The van der Waals surface area contributed by atoms with Crippen LogP contribution in [0.2, 0.25) is 0 Å². The third-order valence-corrected chi connectivity index (χ3v) is 4.85. The van der Waals surface area contributed by atoms with Crippen molar-refractivity contribution in [1.29, 1.82) is 0 Å². The number of thiophene rings is 1. The van der Waals surface area contributed by atoms with E-state index in [1.165, 1.54) is 11.3 Å². The molecule has 0 spiro atoms. The highest BCUT2D eigenvalue weighted by Gasteiger charge is 2.28. The Morgan fingerprint density at radius 2 is 1.94 bits per heavy atom. The predicted molar refractivity (Wildman–Crippen MR) is 77.3 cm³/mol. The molecule has 2 unspecified atom stereocenters. The molecular formula is C13H21N3OS. The second-order valence-electron chi connectivity index (χ2n) is 5.43. The Morgan fingerprint density at radius 1 is 1.39 bits per heavy atom. The number of nitrogens with zero attached hydrogens (tertiary/aromatic N) is 2. The van der Waals surface area contributed by atoms with Crippen molar-refractivity contribution < 1.29 is 4.79 Å². The molecule has 1 aliphatic rings. The first-order chi connectivity index (χ1) is 8.40. The molecule has 1 amide bonds. The van der Waals surface area contributed by atoms with E-state index in [2.05, 4.69) is 18.7 Å². The fraction of sp³-hybridized carbons (Fsp3) is 0.615. The van der Waals surface area contributed by atoms with Gasteiger partial charge >= 0.3 is 0 Å². The topological polar surface area (TPSA) is 49.6 Å². The molecule has 0 aromatic carbocycles. The molecule has 2 heterocycles. The molecule has 2 N–H and O–H groups in total. The van der Waals surface area contributed by atoms with Crippen LogP contribution in [-0.4, -0.2) is 38.0 Å². The molecule has 0 bridgehead atoms. The number of carbonyl (C=O) groups is 1. The van der Waals surface area contributed by atoms with Crippen molar-refractivity contribution in [2.75, 3.05) is 37.8 Å². The summed E-state index contributed by atoms with van der Waals surface area (Å²) in [5.41, 5.74) is 6.55. The van der Waals surface area contributed by atoms with E-state index in [9.17, 15) is 4.79 Å². The smallest absolute Gasteiger partial charge is 0.265 e. The lowest BCUT2D eigenvalue weighted by molar-refractivity contribution is 0.0833. The number of nitrogen functional groups attached to an aromatic ring is 1. The van der Waals surface area contributed by atoms with Crippen molar-refractivity contribution in [3.8, 4) is 0 Å². The van der Waals surface area contributed by atoms with E-state index in [4.69, 9.17) is 5.73 Å². The minimum absolute atomic E-state index is 0.0101. The molecule has 1 saturated heterocycles. The maximum absolute atomic E-state index is 12.0. The van der Waals surface area contributed by atoms with E-state index < -0.39 is 0 Å². The largest absolute Gasteiger partial charge is 0.397 e. The molecule has 4 nitrogen and oxygen atoms in total. The Labute approximate surface area is 112 Å². The van der Waals surface area contributed by atoms with Crippen LogP contribution in [0.3, 0.4) is 0 Å². The fourth-order valence-electron chi connectivity index (χ4n) is 2.23. The number of amides is 1. The van der Waals surface area contributed by atoms with Crippen molar-refractivity contribution in [2.24, 2.45) is 11.8 Å². The van der Waals surface area contributed by atoms with Gasteiger partial charge in [0.05, 0.1) is 10.7 Å². The van der Waals surface area contributed by atoms with Gasteiger partial charge in [0.2, 0.25) is 0 Å². The first-order valence-electron chi connectivity index (χ1n) is 6.26. The maximum Gasteiger partial charge on any atom is 0.265 e. The summed E-state index contributed by atoms with van der Waals surface area (Å²) in [5.74, 6) is 1.38. The SMILES string of the molecule is CC1CN(c2cc(N)c(C(=O)N(C)C)s2)CC1C. The third-order valence-electron chi connectivity index (χ3n) is 3.65. The van der Waals surface area contributed by atoms with E-state index in [1.807, 2.05) is 6.07 Å². The Balaban J connectivity index is 2.22. The van der Waals surface area contributed by atoms with E-state index in [0.29, 0.717) is 22.4 Å². The van der Waals surface area contributed by atoms with Gasteiger partial charge in [0, 0.05) is 27.2 Å². The van der Waals surface area contributed by atoms with Gasteiger partial charge in [0.15, 0.2) is 0 Å². The number of hydrogen-bond donors (Lipinski definition) is 1. The second kappa shape index (κ2) is 4.80. The molecule has 1 aliphatic heterocycles. The van der Waals surface area contributed by atoms with Gasteiger partial charge in [-0.05, 0) is 17.9 Å². The average molecular weight is 267 g/mol. The summed E-state index contributed by atoms with van der Waals surface area (Å²) >= 11 is 1.51. The summed E-state index contributed by atoms with van der Waals surface area (Å²) < 4.78 is 0. The predicted octanol–water partition coefficient (Wildman–Crippen LogP) is 2.12. The van der Waals surface area contributed by atoms with E-state index >= 15 is 0 Å². The molecule has 0 saturated carbocycles. The highest BCUT2D eigenvalue weighted by molar-refractivity contribution is 7.18. The number of anilines is 2. The molecule has 2 atom stereocenters. The lowest BCUT2D eigenvalue weighted by Gasteiger charge is -2.15. The van der Waals surface area contributed by atoms with Crippen LogP contribution < -0.4 is 10.6 Å². The van der Waals surface area contributed by atoms with Gasteiger partial charge in [-0.25, -0.2) is 0 Å². The molecule has 1 fully saturated rings. The van der Waals surface area contributed by atoms with E-state index in [1.54, 1.807) is 19.0 Å². The molecule has 18 heavy (non-hydrogen) atoms. The summed E-state index contributed by atoms with van der Waals surface area (Å²) in [6, 6.07) is 1.94. The van der Waals surface area contributed by atoms with Crippen molar-refractivity contribution in [2.45, 2.75) is 13.8 Å². The zero-order chi connectivity index (χ0) is 13.4. The fourth-order valence-corrected chi connectivity index (χ4v) is 3.35. The van der Waals surface area contributed by atoms with Crippen LogP contribution in [-0.2, 0) is 0 Å². The molecule has 5 heteroatoms. The summed E-state index contributed by atoms with van der Waals surface area (Å²) in [6.45, 7) is 6.65. The van der Waals surface area contributed by atoms with Crippen molar-refractivity contribution >= 4 is 27.9 Å². The number of hydrogen-bond acceptors (Lipinski definition) is 4. The lowest BCUT2D eigenvalue weighted by Crippen LogP contribution is -2.21. The normalized spacial score (nSPS) is 23.4. The van der Waals surface area contributed by atoms with Gasteiger partial charge < -0.3 is 15.5 Å². The second-order valence-corrected chi connectivity index (χ2v) is 6.46. The van der Waals surface area contributed by atoms with Crippen LogP contribution >= 0.6 is 11.3 Å². The highest BCUT2D eigenvalue weighted by Crippen LogP contribution is 2.36. The lowest BCUT2D eigenvalue weighted by atomic mass is 10.0. The summed E-state index contributed by atoms with van der Waals surface area (Å²) in [5, 5.41) is 1.12. The van der Waals surface area contributed by atoms with Crippen LogP contribution in [0.25, 0.3) is 0 Å². The number of nitrogens with two attached hydrogens (primary N) is 1. The van der Waals surface area contributed by atoms with Gasteiger partial charge in [-0.15, -0.1) is 11.3 Å². The van der Waals surface area contributed by atoms with Crippen LogP contribution in [0.5, 0.6) is 0 Å².